The van der Waals surface area contributed by atoms with E-state index in [-0.39, 0.29) is 5.91 Å². The van der Waals surface area contributed by atoms with Crippen LogP contribution in [0.25, 0.3) is 0 Å². The fourth-order valence-corrected chi connectivity index (χ4v) is 3.48. The Bertz CT molecular complexity index is 436. The van der Waals surface area contributed by atoms with Gasteiger partial charge in [-0.05, 0) is 39.8 Å². The number of piperidine rings is 1. The fraction of sp³-hybridized carbons (Fsp3) is 0.714. The summed E-state index contributed by atoms with van der Waals surface area (Å²) in [7, 11) is 1.84. The quantitative estimate of drug-likeness (QED) is 0.897. The van der Waals surface area contributed by atoms with Crippen LogP contribution in [0.1, 0.15) is 29.9 Å². The Morgan fingerprint density at radius 3 is 2.75 bits per heavy atom. The second-order valence-electron chi connectivity index (χ2n) is 5.31. The largest absolute Gasteiger partial charge is 0.361 e. The number of nitrogens with one attached hydrogen (secondary N) is 1. The van der Waals surface area contributed by atoms with Gasteiger partial charge in [-0.1, -0.05) is 5.16 Å². The molecule has 2 heterocycles. The van der Waals surface area contributed by atoms with E-state index in [1.54, 1.807) is 16.7 Å². The minimum Gasteiger partial charge on any atom is -0.361 e. The molecule has 20 heavy (non-hydrogen) atoms. The Kier molecular flexibility index (Phi) is 5.48. The molecule has 1 aliphatic rings. The lowest BCUT2D eigenvalue weighted by Crippen LogP contribution is -2.32. The first-order valence-corrected chi connectivity index (χ1v) is 8.11. The summed E-state index contributed by atoms with van der Waals surface area (Å²) in [6.45, 7) is 6.51. The highest BCUT2D eigenvalue weighted by Crippen LogP contribution is 2.21. The van der Waals surface area contributed by atoms with Crippen LogP contribution in [0.5, 0.6) is 0 Å². The third-order valence-electron chi connectivity index (χ3n) is 3.73. The number of hydrogen-bond donors (Lipinski definition) is 1. The molecule has 1 aromatic heterocycles. The first kappa shape index (κ1) is 15.4. The summed E-state index contributed by atoms with van der Waals surface area (Å²) < 4.78 is 5.13. The molecule has 0 atom stereocenters. The number of aryl methyl sites for hydroxylation is 2. The van der Waals surface area contributed by atoms with Crippen LogP contribution in [-0.4, -0.2) is 47.1 Å². The summed E-state index contributed by atoms with van der Waals surface area (Å²) in [5.41, 5.74) is 1.89. The van der Waals surface area contributed by atoms with E-state index in [0.29, 0.717) is 17.5 Å². The molecular weight excluding hydrogens is 274 g/mol. The van der Waals surface area contributed by atoms with Gasteiger partial charge in [-0.3, -0.25) is 4.79 Å². The highest BCUT2D eigenvalue weighted by Gasteiger charge is 2.18. The van der Waals surface area contributed by atoms with Gasteiger partial charge in [-0.25, -0.2) is 0 Å². The molecule has 0 saturated carbocycles. The van der Waals surface area contributed by atoms with Crippen molar-refractivity contribution < 1.29 is 9.32 Å². The maximum absolute atomic E-state index is 12.2. The smallest absolute Gasteiger partial charge is 0.232 e. The molecule has 1 aliphatic heterocycles. The summed E-state index contributed by atoms with van der Waals surface area (Å²) in [6, 6.07) is 0. The Morgan fingerprint density at radius 1 is 1.45 bits per heavy atom. The number of aromatic nitrogens is 1. The zero-order chi connectivity index (χ0) is 14.5. The van der Waals surface area contributed by atoms with Crippen molar-refractivity contribution in [1.82, 2.24) is 15.4 Å². The van der Waals surface area contributed by atoms with Gasteiger partial charge in [0.05, 0.1) is 18.0 Å². The van der Waals surface area contributed by atoms with Crippen molar-refractivity contribution in [2.45, 2.75) is 38.5 Å². The van der Waals surface area contributed by atoms with E-state index in [1.165, 1.54) is 0 Å². The van der Waals surface area contributed by atoms with E-state index in [0.717, 1.165) is 42.9 Å². The summed E-state index contributed by atoms with van der Waals surface area (Å²) in [5, 5.41) is 7.88. The van der Waals surface area contributed by atoms with Crippen molar-refractivity contribution in [2.75, 3.05) is 25.9 Å². The first-order valence-electron chi connectivity index (χ1n) is 7.06. The Hall–Kier alpha value is -1.01. The Balaban J connectivity index is 1.79. The number of carbonyl (C=O) groups is 1. The standard InChI is InChI=1S/C14H23N3O2S/c1-10-13(11(2)19-16-10)8-17(3)14(18)9-20-12-4-6-15-7-5-12/h12,15H,4-9H2,1-3H3. The van der Waals surface area contributed by atoms with E-state index < -0.39 is 0 Å². The predicted octanol–water partition coefficient (Wildman–Crippen LogP) is 1.74. The predicted molar refractivity (Wildman–Crippen MR) is 80.8 cm³/mol. The van der Waals surface area contributed by atoms with Gasteiger partial charge in [0.15, 0.2) is 0 Å². The van der Waals surface area contributed by atoms with E-state index >= 15 is 0 Å². The lowest BCUT2D eigenvalue weighted by atomic mass is 10.2. The van der Waals surface area contributed by atoms with Crippen molar-refractivity contribution in [1.29, 1.82) is 0 Å². The van der Waals surface area contributed by atoms with Crippen molar-refractivity contribution >= 4 is 17.7 Å². The average Bonchev–Trinajstić information content (AvgIpc) is 2.77. The van der Waals surface area contributed by atoms with Gasteiger partial charge in [0.25, 0.3) is 0 Å². The maximum atomic E-state index is 12.2. The minimum atomic E-state index is 0.175. The lowest BCUT2D eigenvalue weighted by molar-refractivity contribution is -0.127. The number of nitrogens with zero attached hydrogens (tertiary/aromatic N) is 2. The van der Waals surface area contributed by atoms with Gasteiger partial charge in [0.2, 0.25) is 5.91 Å². The van der Waals surface area contributed by atoms with Gasteiger partial charge < -0.3 is 14.7 Å². The Labute approximate surface area is 124 Å². The highest BCUT2D eigenvalue weighted by atomic mass is 32.2. The number of carbonyl (C=O) groups excluding carboxylic acids is 1. The van der Waals surface area contributed by atoms with E-state index in [1.807, 2.05) is 20.9 Å². The molecule has 2 rings (SSSR count). The summed E-state index contributed by atoms with van der Waals surface area (Å²) in [6.07, 6.45) is 2.32. The van der Waals surface area contributed by atoms with Gasteiger partial charge >= 0.3 is 0 Å². The minimum absolute atomic E-state index is 0.175. The normalized spacial score (nSPS) is 16.4. The number of amides is 1. The van der Waals surface area contributed by atoms with Crippen molar-refractivity contribution in [2.24, 2.45) is 0 Å². The van der Waals surface area contributed by atoms with Crippen LogP contribution in [0.15, 0.2) is 4.52 Å². The van der Waals surface area contributed by atoms with Crippen LogP contribution in [0, 0.1) is 13.8 Å². The molecule has 0 spiro atoms. The van der Waals surface area contributed by atoms with Gasteiger partial charge in [-0.2, -0.15) is 0 Å². The zero-order valence-electron chi connectivity index (χ0n) is 12.4. The molecule has 6 heteroatoms. The van der Waals surface area contributed by atoms with Gasteiger partial charge in [0.1, 0.15) is 5.76 Å². The molecular formula is C14H23N3O2S. The number of thioether (sulfide) groups is 1. The summed E-state index contributed by atoms with van der Waals surface area (Å²) in [5.74, 6) is 1.53. The molecule has 112 valence electrons. The van der Waals surface area contributed by atoms with Crippen LogP contribution in [0.4, 0.5) is 0 Å². The molecule has 0 aliphatic carbocycles. The van der Waals surface area contributed by atoms with Crippen molar-refractivity contribution in [3.8, 4) is 0 Å². The molecule has 0 radical (unpaired) electrons. The molecule has 1 aromatic rings. The maximum Gasteiger partial charge on any atom is 0.232 e. The molecule has 1 amide bonds. The SMILES string of the molecule is Cc1noc(C)c1CN(C)C(=O)CSC1CCNCC1. The highest BCUT2D eigenvalue weighted by molar-refractivity contribution is 8.00. The van der Waals surface area contributed by atoms with Crippen LogP contribution in [0.2, 0.25) is 0 Å². The van der Waals surface area contributed by atoms with E-state index in [4.69, 9.17) is 4.52 Å². The molecule has 1 saturated heterocycles. The monoisotopic (exact) mass is 297 g/mol. The van der Waals surface area contributed by atoms with Gasteiger partial charge in [-0.15, -0.1) is 11.8 Å². The van der Waals surface area contributed by atoms with Crippen LogP contribution < -0.4 is 5.32 Å². The third-order valence-corrected chi connectivity index (χ3v) is 5.09. The fourth-order valence-electron chi connectivity index (χ4n) is 2.31. The molecule has 0 unspecified atom stereocenters. The van der Waals surface area contributed by atoms with Crippen LogP contribution in [-0.2, 0) is 11.3 Å². The molecule has 0 bridgehead atoms. The molecule has 5 nitrogen and oxygen atoms in total. The van der Waals surface area contributed by atoms with Gasteiger partial charge in [0, 0.05) is 17.9 Å². The number of rotatable bonds is 5. The second kappa shape index (κ2) is 7.13. The number of hydrogen-bond acceptors (Lipinski definition) is 5. The van der Waals surface area contributed by atoms with E-state index in [9.17, 15) is 4.79 Å². The van der Waals surface area contributed by atoms with Crippen molar-refractivity contribution in [3.63, 3.8) is 0 Å². The second-order valence-corrected chi connectivity index (χ2v) is 6.60. The summed E-state index contributed by atoms with van der Waals surface area (Å²) >= 11 is 1.78. The third kappa shape index (κ3) is 3.99. The van der Waals surface area contributed by atoms with Crippen LogP contribution >= 0.6 is 11.8 Å². The van der Waals surface area contributed by atoms with Crippen LogP contribution in [0.3, 0.4) is 0 Å². The molecule has 0 aromatic carbocycles. The summed E-state index contributed by atoms with van der Waals surface area (Å²) in [4.78, 5) is 13.9. The zero-order valence-corrected chi connectivity index (χ0v) is 13.3. The first-order chi connectivity index (χ1) is 9.58. The topological polar surface area (TPSA) is 58.4 Å². The van der Waals surface area contributed by atoms with E-state index in [2.05, 4.69) is 10.5 Å². The lowest BCUT2D eigenvalue weighted by Gasteiger charge is -2.23. The Morgan fingerprint density at radius 2 is 2.15 bits per heavy atom. The molecule has 1 N–H and O–H groups in total. The van der Waals surface area contributed by atoms with Crippen molar-refractivity contribution in [3.05, 3.63) is 17.0 Å². The average molecular weight is 297 g/mol. The molecule has 1 fully saturated rings.